The van der Waals surface area contributed by atoms with Crippen molar-refractivity contribution in [3.8, 4) is 5.75 Å². The van der Waals surface area contributed by atoms with Crippen molar-refractivity contribution in [1.82, 2.24) is 0 Å². The summed E-state index contributed by atoms with van der Waals surface area (Å²) in [5, 5.41) is 0. The predicted molar refractivity (Wildman–Crippen MR) is 51.4 cm³/mol. The molecule has 0 saturated heterocycles. The zero-order valence-corrected chi connectivity index (χ0v) is 9.10. The van der Waals surface area contributed by atoms with Gasteiger partial charge in [0.05, 0.1) is 12.0 Å². The molecule has 0 unspecified atom stereocenters. The molecular formula is C8H6ClFO4S. The fourth-order valence-electron chi connectivity index (χ4n) is 1.01. The number of methoxy groups -OCH3 is 1. The Morgan fingerprint density at radius 3 is 2.47 bits per heavy atom. The lowest BCUT2D eigenvalue weighted by molar-refractivity contribution is 0.112. The quantitative estimate of drug-likeness (QED) is 0.605. The second-order valence-corrected chi connectivity index (χ2v) is 5.11. The van der Waals surface area contributed by atoms with Crippen molar-refractivity contribution in [1.29, 1.82) is 0 Å². The average molecular weight is 253 g/mol. The van der Waals surface area contributed by atoms with Crippen molar-refractivity contribution in [3.63, 3.8) is 0 Å². The minimum Gasteiger partial charge on any atom is -0.494 e. The zero-order chi connectivity index (χ0) is 11.6. The third kappa shape index (κ3) is 2.45. The van der Waals surface area contributed by atoms with Crippen LogP contribution in [-0.2, 0) is 9.05 Å². The summed E-state index contributed by atoms with van der Waals surface area (Å²) in [7, 11) is 2.06. The second kappa shape index (κ2) is 4.16. The molecule has 15 heavy (non-hydrogen) atoms. The number of carbonyl (C=O) groups is 1. The van der Waals surface area contributed by atoms with Crippen LogP contribution in [0.5, 0.6) is 5.75 Å². The van der Waals surface area contributed by atoms with Crippen LogP contribution in [0.1, 0.15) is 10.4 Å². The molecule has 0 aliphatic rings. The van der Waals surface area contributed by atoms with E-state index in [0.29, 0.717) is 6.07 Å². The summed E-state index contributed by atoms with van der Waals surface area (Å²) in [4.78, 5) is 9.98. The van der Waals surface area contributed by atoms with E-state index >= 15 is 0 Å². The van der Waals surface area contributed by atoms with Gasteiger partial charge in [-0.1, -0.05) is 0 Å². The normalized spacial score (nSPS) is 11.1. The van der Waals surface area contributed by atoms with Crippen LogP contribution in [0.25, 0.3) is 0 Å². The summed E-state index contributed by atoms with van der Waals surface area (Å²) in [5.74, 6) is -1.12. The van der Waals surface area contributed by atoms with Crippen LogP contribution in [0.3, 0.4) is 0 Å². The van der Waals surface area contributed by atoms with E-state index in [1.807, 2.05) is 0 Å². The molecule has 7 heteroatoms. The molecule has 82 valence electrons. The van der Waals surface area contributed by atoms with Gasteiger partial charge in [0.2, 0.25) is 0 Å². The molecule has 0 saturated carbocycles. The number of hydrogen-bond acceptors (Lipinski definition) is 4. The largest absolute Gasteiger partial charge is 0.494 e. The van der Waals surface area contributed by atoms with Gasteiger partial charge in [0.1, 0.15) is 0 Å². The number of aldehydes is 1. The number of carbonyl (C=O) groups excluding carboxylic acids is 1. The third-order valence-corrected chi connectivity index (χ3v) is 3.05. The molecule has 0 radical (unpaired) electrons. The van der Waals surface area contributed by atoms with Crippen LogP contribution in [0, 0.1) is 5.82 Å². The number of hydrogen-bond donors (Lipinski definition) is 0. The van der Waals surface area contributed by atoms with E-state index in [2.05, 4.69) is 4.74 Å². The van der Waals surface area contributed by atoms with Crippen molar-refractivity contribution in [2.45, 2.75) is 4.90 Å². The monoisotopic (exact) mass is 252 g/mol. The van der Waals surface area contributed by atoms with E-state index in [0.717, 1.165) is 6.07 Å². The third-order valence-electron chi connectivity index (χ3n) is 1.67. The predicted octanol–water partition coefficient (Wildman–Crippen LogP) is 1.57. The highest BCUT2D eigenvalue weighted by molar-refractivity contribution is 8.13. The van der Waals surface area contributed by atoms with Crippen LogP contribution in [-0.4, -0.2) is 21.8 Å². The topological polar surface area (TPSA) is 60.4 Å². The fourth-order valence-corrected chi connectivity index (χ4v) is 2.04. The molecule has 0 amide bonds. The van der Waals surface area contributed by atoms with E-state index in [4.69, 9.17) is 10.7 Å². The fraction of sp³-hybridized carbons (Fsp3) is 0.125. The molecule has 0 atom stereocenters. The molecule has 0 bridgehead atoms. The second-order valence-electron chi connectivity index (χ2n) is 2.58. The number of halogens is 2. The van der Waals surface area contributed by atoms with Crippen molar-refractivity contribution in [3.05, 3.63) is 23.5 Å². The van der Waals surface area contributed by atoms with Crippen LogP contribution in [0.15, 0.2) is 17.0 Å². The number of benzene rings is 1. The SMILES string of the molecule is COc1cc(C=O)c(S(=O)(=O)Cl)cc1F. The highest BCUT2D eigenvalue weighted by atomic mass is 35.7. The molecule has 0 spiro atoms. The Balaban J connectivity index is 3.55. The molecule has 1 aromatic carbocycles. The van der Waals surface area contributed by atoms with Crippen molar-refractivity contribution in [2.75, 3.05) is 7.11 Å². The van der Waals surface area contributed by atoms with Gasteiger partial charge in [0, 0.05) is 16.2 Å². The van der Waals surface area contributed by atoms with Gasteiger partial charge < -0.3 is 4.74 Å². The summed E-state index contributed by atoms with van der Waals surface area (Å²) in [5.41, 5.74) is -0.247. The molecule has 0 N–H and O–H groups in total. The van der Waals surface area contributed by atoms with E-state index < -0.39 is 19.8 Å². The van der Waals surface area contributed by atoms with E-state index in [1.54, 1.807) is 0 Å². The average Bonchev–Trinajstić information content (AvgIpc) is 2.16. The van der Waals surface area contributed by atoms with Crippen LogP contribution in [0.2, 0.25) is 0 Å². The molecule has 4 nitrogen and oxygen atoms in total. The van der Waals surface area contributed by atoms with Gasteiger partial charge in [-0.15, -0.1) is 0 Å². The molecule has 0 heterocycles. The van der Waals surface area contributed by atoms with Crippen LogP contribution >= 0.6 is 10.7 Å². The standard InChI is InChI=1S/C8H6ClFO4S/c1-14-7-2-5(4-11)8(3-6(7)10)15(9,12)13/h2-4H,1H3. The van der Waals surface area contributed by atoms with Crippen molar-refractivity contribution in [2.24, 2.45) is 0 Å². The number of rotatable bonds is 3. The minimum atomic E-state index is -4.15. The first kappa shape index (κ1) is 11.9. The Hall–Kier alpha value is -1.14. The van der Waals surface area contributed by atoms with Crippen molar-refractivity contribution >= 4 is 26.0 Å². The minimum absolute atomic E-state index is 0.221. The Labute approximate surface area is 90.0 Å². The molecule has 1 rings (SSSR count). The van der Waals surface area contributed by atoms with Gasteiger partial charge in [0.15, 0.2) is 17.9 Å². The van der Waals surface area contributed by atoms with Crippen LogP contribution in [0.4, 0.5) is 4.39 Å². The van der Waals surface area contributed by atoms with E-state index in [1.165, 1.54) is 7.11 Å². The summed E-state index contributed by atoms with van der Waals surface area (Å²) in [6.45, 7) is 0. The first-order chi connectivity index (χ1) is 6.90. The summed E-state index contributed by atoms with van der Waals surface area (Å²) < 4.78 is 39.6. The van der Waals surface area contributed by atoms with Gasteiger partial charge in [-0.3, -0.25) is 4.79 Å². The summed E-state index contributed by atoms with van der Waals surface area (Å²) in [6.07, 6.45) is 0.261. The van der Waals surface area contributed by atoms with Gasteiger partial charge in [-0.2, -0.15) is 0 Å². The maximum Gasteiger partial charge on any atom is 0.262 e. The summed E-state index contributed by atoms with van der Waals surface area (Å²) >= 11 is 0. The lowest BCUT2D eigenvalue weighted by Crippen LogP contribution is -2.00. The molecule has 0 aromatic heterocycles. The first-order valence-corrected chi connectivity index (χ1v) is 5.98. The molecular weight excluding hydrogens is 247 g/mol. The maximum absolute atomic E-state index is 13.1. The van der Waals surface area contributed by atoms with Gasteiger partial charge in [0.25, 0.3) is 9.05 Å². The highest BCUT2D eigenvalue weighted by Crippen LogP contribution is 2.26. The van der Waals surface area contributed by atoms with E-state index in [9.17, 15) is 17.6 Å². The Bertz CT molecular complexity index is 498. The van der Waals surface area contributed by atoms with Gasteiger partial charge in [-0.05, 0) is 12.1 Å². The van der Waals surface area contributed by atoms with Crippen LogP contribution < -0.4 is 4.74 Å². The Morgan fingerprint density at radius 2 is 2.07 bits per heavy atom. The molecule has 0 aliphatic carbocycles. The summed E-state index contributed by atoms with van der Waals surface area (Å²) in [6, 6.07) is 1.61. The maximum atomic E-state index is 13.1. The number of ether oxygens (including phenoxy) is 1. The first-order valence-electron chi connectivity index (χ1n) is 3.67. The lowest BCUT2D eigenvalue weighted by atomic mass is 10.2. The molecule has 1 aromatic rings. The Kier molecular flexibility index (Phi) is 3.31. The zero-order valence-electron chi connectivity index (χ0n) is 7.53. The molecule has 0 aliphatic heterocycles. The Morgan fingerprint density at radius 1 is 1.47 bits per heavy atom. The molecule has 0 fully saturated rings. The van der Waals surface area contributed by atoms with Crippen molar-refractivity contribution < 1.29 is 22.3 Å². The van der Waals surface area contributed by atoms with E-state index in [-0.39, 0.29) is 17.6 Å². The highest BCUT2D eigenvalue weighted by Gasteiger charge is 2.19. The smallest absolute Gasteiger partial charge is 0.262 e. The van der Waals surface area contributed by atoms with Gasteiger partial charge >= 0.3 is 0 Å². The van der Waals surface area contributed by atoms with Gasteiger partial charge in [-0.25, -0.2) is 12.8 Å². The lowest BCUT2D eigenvalue weighted by Gasteiger charge is -2.05.